The molecular formula is C30H34N8O2. The number of fused-ring (bicyclic) bond motifs is 2. The number of hydrogen-bond acceptors (Lipinski definition) is 7. The third kappa shape index (κ3) is 4.75. The van der Waals surface area contributed by atoms with Crippen molar-refractivity contribution < 1.29 is 9.59 Å². The smallest absolute Gasteiger partial charge is 0.326 e. The Hall–Kier alpha value is -4.44. The second kappa shape index (κ2) is 10.6. The zero-order valence-corrected chi connectivity index (χ0v) is 23.0. The average Bonchev–Trinajstić information content (AvgIpc) is 2.99. The fourth-order valence-corrected chi connectivity index (χ4v) is 5.79. The van der Waals surface area contributed by atoms with Crippen LogP contribution in [0, 0.1) is 0 Å². The normalized spacial score (nSPS) is 19.2. The predicted octanol–water partition coefficient (Wildman–Crippen LogP) is 4.01. The van der Waals surface area contributed by atoms with Gasteiger partial charge < -0.3 is 24.9 Å². The Morgan fingerprint density at radius 1 is 1.02 bits per heavy atom. The number of carbonyl (C=O) groups excluding carboxylic acids is 2. The van der Waals surface area contributed by atoms with Gasteiger partial charge in [-0.05, 0) is 55.4 Å². The van der Waals surface area contributed by atoms with Crippen LogP contribution in [0.3, 0.4) is 0 Å². The summed E-state index contributed by atoms with van der Waals surface area (Å²) in [6.45, 7) is 8.71. The Morgan fingerprint density at radius 2 is 1.77 bits per heavy atom. The molecule has 1 fully saturated rings. The molecule has 3 aliphatic rings. The van der Waals surface area contributed by atoms with Gasteiger partial charge >= 0.3 is 6.03 Å². The molecule has 2 aromatic carbocycles. The quantitative estimate of drug-likeness (QED) is 0.491. The molecule has 0 radical (unpaired) electrons. The van der Waals surface area contributed by atoms with Crippen LogP contribution in [0.15, 0.2) is 67.4 Å². The van der Waals surface area contributed by atoms with Crippen LogP contribution in [0.4, 0.5) is 33.6 Å². The van der Waals surface area contributed by atoms with Crippen molar-refractivity contribution in [3.05, 3.63) is 78.5 Å². The van der Waals surface area contributed by atoms with E-state index in [0.29, 0.717) is 31.3 Å². The number of benzene rings is 2. The minimum absolute atomic E-state index is 0.128. The molecule has 3 amide bonds. The van der Waals surface area contributed by atoms with Gasteiger partial charge in [-0.25, -0.2) is 9.78 Å². The highest BCUT2D eigenvalue weighted by Gasteiger charge is 2.38. The monoisotopic (exact) mass is 538 g/mol. The van der Waals surface area contributed by atoms with Crippen LogP contribution >= 0.6 is 0 Å². The fraction of sp³-hybridized carbons (Fsp3) is 0.333. The molecule has 0 saturated carbocycles. The SMILES string of the molecule is C=CC(=O)N1CC[C@@H](N2Cc3cnc(Nc4ccc(N5CCN(C)CC5)cc4)nc3N(C)C2=O)c2ccccc21. The Morgan fingerprint density at radius 3 is 2.52 bits per heavy atom. The van der Waals surface area contributed by atoms with Crippen molar-refractivity contribution in [2.75, 3.05) is 66.8 Å². The van der Waals surface area contributed by atoms with Gasteiger partial charge in [0, 0.05) is 68.6 Å². The summed E-state index contributed by atoms with van der Waals surface area (Å²) < 4.78 is 0. The minimum Gasteiger partial charge on any atom is -0.369 e. The van der Waals surface area contributed by atoms with E-state index < -0.39 is 0 Å². The highest BCUT2D eigenvalue weighted by atomic mass is 16.2. The summed E-state index contributed by atoms with van der Waals surface area (Å²) in [5, 5.41) is 3.29. The maximum atomic E-state index is 13.6. The van der Waals surface area contributed by atoms with Crippen LogP contribution < -0.4 is 20.0 Å². The van der Waals surface area contributed by atoms with Crippen molar-refractivity contribution in [2.45, 2.75) is 19.0 Å². The van der Waals surface area contributed by atoms with Crippen molar-refractivity contribution >= 4 is 40.8 Å². The van der Waals surface area contributed by atoms with Gasteiger partial charge in [0.1, 0.15) is 5.82 Å². The van der Waals surface area contributed by atoms with Crippen LogP contribution in [0.2, 0.25) is 0 Å². The third-order valence-electron chi connectivity index (χ3n) is 8.05. The van der Waals surface area contributed by atoms with Gasteiger partial charge in [-0.1, -0.05) is 24.8 Å². The Kier molecular flexibility index (Phi) is 6.85. The molecule has 3 aromatic rings. The molecule has 0 aliphatic carbocycles. The standard InChI is InChI=1S/C30H34N8O2/c1-4-27(39)37-14-13-26(24-7-5-6-8-25(24)37)38-20-21-19-31-29(33-28(21)35(3)30(38)40)32-22-9-11-23(12-10-22)36-17-15-34(2)16-18-36/h4-12,19,26H,1,13-18,20H2,2-3H3,(H,31,32,33)/t26-/m1/s1. The van der Waals surface area contributed by atoms with Crippen molar-refractivity contribution in [3.63, 3.8) is 0 Å². The van der Waals surface area contributed by atoms with Crippen LogP contribution in [-0.2, 0) is 11.3 Å². The summed E-state index contributed by atoms with van der Waals surface area (Å²) in [6, 6.07) is 15.8. The van der Waals surface area contributed by atoms with Gasteiger partial charge in [0.05, 0.1) is 12.6 Å². The van der Waals surface area contributed by atoms with Crippen LogP contribution in [0.1, 0.15) is 23.6 Å². The molecular weight excluding hydrogens is 504 g/mol. The van der Waals surface area contributed by atoms with E-state index in [2.05, 4.69) is 45.9 Å². The van der Waals surface area contributed by atoms with Crippen molar-refractivity contribution in [3.8, 4) is 0 Å². The van der Waals surface area contributed by atoms with Gasteiger partial charge in [0.25, 0.3) is 0 Å². The first-order chi connectivity index (χ1) is 19.4. The summed E-state index contributed by atoms with van der Waals surface area (Å²) >= 11 is 0. The Bertz CT molecular complexity index is 1430. The van der Waals surface area contributed by atoms with Crippen molar-refractivity contribution in [1.82, 2.24) is 19.8 Å². The molecule has 0 unspecified atom stereocenters. The van der Waals surface area contributed by atoms with Crippen LogP contribution in [0.5, 0.6) is 0 Å². The summed E-state index contributed by atoms with van der Waals surface area (Å²) in [5.41, 5.74) is 4.74. The lowest BCUT2D eigenvalue weighted by atomic mass is 9.94. The first kappa shape index (κ1) is 25.8. The van der Waals surface area contributed by atoms with E-state index in [1.165, 1.54) is 11.8 Å². The first-order valence-electron chi connectivity index (χ1n) is 13.7. The van der Waals surface area contributed by atoms with E-state index in [1.54, 1.807) is 23.0 Å². The van der Waals surface area contributed by atoms with E-state index in [9.17, 15) is 9.59 Å². The van der Waals surface area contributed by atoms with Gasteiger partial charge in [-0.2, -0.15) is 4.98 Å². The molecule has 0 spiro atoms. The molecule has 6 rings (SSSR count). The van der Waals surface area contributed by atoms with Crippen molar-refractivity contribution in [1.29, 1.82) is 0 Å². The topological polar surface area (TPSA) is 88.2 Å². The van der Waals surface area contributed by atoms with Crippen LogP contribution in [-0.4, -0.2) is 78.5 Å². The number of amides is 3. The average molecular weight is 539 g/mol. The molecule has 40 heavy (non-hydrogen) atoms. The molecule has 10 nitrogen and oxygen atoms in total. The number of nitrogens with one attached hydrogen (secondary N) is 1. The lowest BCUT2D eigenvalue weighted by Gasteiger charge is -2.43. The van der Waals surface area contributed by atoms with E-state index in [-0.39, 0.29) is 18.0 Å². The number of urea groups is 1. The van der Waals surface area contributed by atoms with Gasteiger partial charge in [-0.15, -0.1) is 0 Å². The second-order valence-electron chi connectivity index (χ2n) is 10.5. The lowest BCUT2D eigenvalue weighted by molar-refractivity contribution is -0.114. The molecule has 4 heterocycles. The zero-order chi connectivity index (χ0) is 27.8. The van der Waals surface area contributed by atoms with Gasteiger partial charge in [0.2, 0.25) is 11.9 Å². The maximum Gasteiger partial charge on any atom is 0.326 e. The highest BCUT2D eigenvalue weighted by Crippen LogP contribution is 2.41. The van der Waals surface area contributed by atoms with E-state index in [0.717, 1.165) is 48.7 Å². The number of nitrogens with zero attached hydrogens (tertiary/aromatic N) is 7. The minimum atomic E-state index is -0.162. The molecule has 1 saturated heterocycles. The number of anilines is 5. The molecule has 206 valence electrons. The number of carbonyl (C=O) groups is 2. The second-order valence-corrected chi connectivity index (χ2v) is 10.5. The first-order valence-corrected chi connectivity index (χ1v) is 13.7. The molecule has 1 aromatic heterocycles. The zero-order valence-electron chi connectivity index (χ0n) is 23.0. The number of rotatable bonds is 5. The third-order valence-corrected chi connectivity index (χ3v) is 8.05. The predicted molar refractivity (Wildman–Crippen MR) is 157 cm³/mol. The molecule has 10 heteroatoms. The number of para-hydroxylation sites is 1. The Labute approximate surface area is 234 Å². The van der Waals surface area contributed by atoms with Gasteiger partial charge in [0.15, 0.2) is 0 Å². The molecule has 1 N–H and O–H groups in total. The number of piperazine rings is 1. The lowest BCUT2D eigenvalue weighted by Crippen LogP contribution is -2.49. The highest BCUT2D eigenvalue weighted by molar-refractivity contribution is 6.02. The fourth-order valence-electron chi connectivity index (χ4n) is 5.79. The number of aromatic nitrogens is 2. The number of likely N-dealkylation sites (N-methyl/N-ethyl adjacent to an activating group) is 1. The summed E-state index contributed by atoms with van der Waals surface area (Å²) in [6.07, 6.45) is 3.76. The van der Waals surface area contributed by atoms with Crippen molar-refractivity contribution in [2.24, 2.45) is 0 Å². The molecule has 1 atom stereocenters. The van der Waals surface area contributed by atoms with E-state index >= 15 is 0 Å². The summed E-state index contributed by atoms with van der Waals surface area (Å²) in [4.78, 5) is 45.2. The largest absolute Gasteiger partial charge is 0.369 e. The molecule has 0 bridgehead atoms. The maximum absolute atomic E-state index is 13.6. The number of hydrogen-bond donors (Lipinski definition) is 1. The Balaban J connectivity index is 1.19. The molecule has 3 aliphatic heterocycles. The van der Waals surface area contributed by atoms with Gasteiger partial charge in [-0.3, -0.25) is 9.69 Å². The van der Waals surface area contributed by atoms with E-state index in [4.69, 9.17) is 4.98 Å². The van der Waals surface area contributed by atoms with E-state index in [1.807, 2.05) is 41.3 Å². The van der Waals surface area contributed by atoms with Crippen LogP contribution in [0.25, 0.3) is 0 Å². The summed E-state index contributed by atoms with van der Waals surface area (Å²) in [5.74, 6) is 0.905. The summed E-state index contributed by atoms with van der Waals surface area (Å²) in [7, 11) is 3.90.